The third-order valence-electron chi connectivity index (χ3n) is 6.11. The molecule has 1 amide bonds. The first kappa shape index (κ1) is 23.0. The third kappa shape index (κ3) is 3.75. The van der Waals surface area contributed by atoms with Crippen LogP contribution in [-0.4, -0.2) is 28.9 Å². The van der Waals surface area contributed by atoms with Gasteiger partial charge in [0.25, 0.3) is 11.7 Å². The largest absolute Gasteiger partial charge is 0.507 e. The van der Waals surface area contributed by atoms with Crippen molar-refractivity contribution in [2.45, 2.75) is 13.0 Å². The predicted octanol–water partition coefficient (Wildman–Crippen LogP) is 6.42. The Balaban J connectivity index is 1.83. The Bertz CT molecular complexity index is 1540. The quantitative estimate of drug-likeness (QED) is 0.190. The summed E-state index contributed by atoms with van der Waals surface area (Å²) in [6, 6.07) is 16.9. The molecule has 1 aromatic heterocycles. The lowest BCUT2D eigenvalue weighted by molar-refractivity contribution is -0.132. The summed E-state index contributed by atoms with van der Waals surface area (Å²) >= 11 is 12.5. The first-order chi connectivity index (χ1) is 16.8. The van der Waals surface area contributed by atoms with Crippen molar-refractivity contribution in [3.63, 3.8) is 0 Å². The van der Waals surface area contributed by atoms with Crippen molar-refractivity contribution in [2.75, 3.05) is 12.0 Å². The zero-order valence-corrected chi connectivity index (χ0v) is 20.3. The number of aliphatic hydroxyl groups excluding tert-OH is 1. The molecule has 1 aliphatic rings. The Hall–Kier alpha value is -3.74. The molecule has 35 heavy (non-hydrogen) atoms. The number of Topliss-reactive ketones (excluding diaryl/α,β-unsaturated/α-hetero) is 1. The van der Waals surface area contributed by atoms with E-state index < -0.39 is 23.5 Å². The van der Waals surface area contributed by atoms with Gasteiger partial charge in [0.05, 0.1) is 29.3 Å². The minimum Gasteiger partial charge on any atom is -0.507 e. The minimum absolute atomic E-state index is 0.0853. The zero-order chi connectivity index (χ0) is 24.9. The van der Waals surface area contributed by atoms with Crippen LogP contribution >= 0.6 is 23.2 Å². The first-order valence-corrected chi connectivity index (χ1v) is 11.5. The van der Waals surface area contributed by atoms with Gasteiger partial charge in [0.2, 0.25) is 0 Å². The molecule has 0 spiro atoms. The summed E-state index contributed by atoms with van der Waals surface area (Å²) in [7, 11) is 1.40. The second kappa shape index (κ2) is 8.80. The average Bonchev–Trinajstić information content (AvgIpc) is 3.37. The number of nitrogens with one attached hydrogen (secondary N) is 1. The number of nitrogens with zero attached hydrogens (tertiary/aromatic N) is 1. The van der Waals surface area contributed by atoms with Gasteiger partial charge in [-0.2, -0.15) is 0 Å². The molecule has 1 saturated heterocycles. The van der Waals surface area contributed by atoms with Crippen molar-refractivity contribution in [1.82, 2.24) is 4.98 Å². The minimum atomic E-state index is -0.907. The van der Waals surface area contributed by atoms with E-state index in [0.29, 0.717) is 11.3 Å². The number of carbonyl (C=O) groups is 2. The molecule has 0 bridgehead atoms. The topological polar surface area (TPSA) is 82.6 Å². The molecular weight excluding hydrogens is 487 g/mol. The van der Waals surface area contributed by atoms with Crippen LogP contribution in [0.25, 0.3) is 16.7 Å². The van der Waals surface area contributed by atoms with Gasteiger partial charge in [-0.3, -0.25) is 14.5 Å². The van der Waals surface area contributed by atoms with Gasteiger partial charge in [0, 0.05) is 33.4 Å². The summed E-state index contributed by atoms with van der Waals surface area (Å²) in [6.45, 7) is 1.90. The Kier molecular flexibility index (Phi) is 5.79. The SMILES string of the molecule is COc1c(Cl)cc(Cl)cc1/C(O)=C1\C(=O)C(=O)N(c2cccc(C)c2)C1c1c[nH]c2ccccc12. The molecule has 1 unspecified atom stereocenters. The van der Waals surface area contributed by atoms with E-state index in [1.54, 1.807) is 12.3 Å². The Morgan fingerprint density at radius 3 is 2.57 bits per heavy atom. The summed E-state index contributed by atoms with van der Waals surface area (Å²) in [5.74, 6) is -1.85. The molecule has 1 aliphatic heterocycles. The number of hydrogen-bond donors (Lipinski definition) is 2. The Morgan fingerprint density at radius 1 is 1.06 bits per heavy atom. The molecule has 176 valence electrons. The molecule has 2 N–H and O–H groups in total. The van der Waals surface area contributed by atoms with Crippen molar-refractivity contribution >= 4 is 57.2 Å². The fourth-order valence-electron chi connectivity index (χ4n) is 4.58. The standard InChI is InChI=1S/C27H20Cl2N2O4/c1-14-6-5-7-16(10-14)31-23(19-13-30-21-9-4-3-8-17(19)21)22(25(33)27(31)34)24(32)18-11-15(28)12-20(29)26(18)35-2/h3-13,23,30,32H,1-2H3/b24-22+. The number of amides is 1. The lowest BCUT2D eigenvalue weighted by Gasteiger charge is -2.25. The van der Waals surface area contributed by atoms with Crippen LogP contribution in [0.2, 0.25) is 10.0 Å². The number of H-pyrrole nitrogens is 1. The van der Waals surface area contributed by atoms with E-state index in [0.717, 1.165) is 16.5 Å². The van der Waals surface area contributed by atoms with E-state index >= 15 is 0 Å². The normalized spacial score (nSPS) is 17.4. The monoisotopic (exact) mass is 506 g/mol. The Labute approximate surface area is 211 Å². The van der Waals surface area contributed by atoms with Crippen LogP contribution in [0.1, 0.15) is 22.7 Å². The third-order valence-corrected chi connectivity index (χ3v) is 6.61. The van der Waals surface area contributed by atoms with Gasteiger partial charge in [-0.25, -0.2) is 0 Å². The molecule has 1 fully saturated rings. The fourth-order valence-corrected chi connectivity index (χ4v) is 5.15. The number of rotatable bonds is 4. The molecule has 3 aromatic carbocycles. The number of aryl methyl sites for hydroxylation is 1. The van der Waals surface area contributed by atoms with E-state index in [9.17, 15) is 14.7 Å². The number of methoxy groups -OCH3 is 1. The highest BCUT2D eigenvalue weighted by Crippen LogP contribution is 2.46. The molecule has 8 heteroatoms. The van der Waals surface area contributed by atoms with Crippen LogP contribution in [0, 0.1) is 6.92 Å². The second-order valence-corrected chi connectivity index (χ2v) is 9.11. The predicted molar refractivity (Wildman–Crippen MR) is 137 cm³/mol. The number of halogens is 2. The lowest BCUT2D eigenvalue weighted by Crippen LogP contribution is -2.29. The number of fused-ring (bicyclic) bond motifs is 1. The zero-order valence-electron chi connectivity index (χ0n) is 18.8. The summed E-state index contributed by atoms with van der Waals surface area (Å²) < 4.78 is 5.40. The van der Waals surface area contributed by atoms with Crippen molar-refractivity contribution in [3.8, 4) is 5.75 Å². The number of carbonyl (C=O) groups excluding carboxylic acids is 2. The van der Waals surface area contributed by atoms with Crippen LogP contribution in [-0.2, 0) is 9.59 Å². The lowest BCUT2D eigenvalue weighted by atomic mass is 9.94. The van der Waals surface area contributed by atoms with Crippen LogP contribution in [0.5, 0.6) is 5.75 Å². The number of ketones is 1. The van der Waals surface area contributed by atoms with Gasteiger partial charge < -0.3 is 14.8 Å². The molecule has 6 nitrogen and oxygen atoms in total. The van der Waals surface area contributed by atoms with Crippen LogP contribution in [0.3, 0.4) is 0 Å². The molecule has 0 radical (unpaired) electrons. The highest BCUT2D eigenvalue weighted by atomic mass is 35.5. The number of hydrogen-bond acceptors (Lipinski definition) is 4. The van der Waals surface area contributed by atoms with E-state index in [1.165, 1.54) is 24.1 Å². The number of benzene rings is 3. The highest BCUT2D eigenvalue weighted by molar-refractivity contribution is 6.52. The van der Waals surface area contributed by atoms with E-state index in [-0.39, 0.29) is 26.9 Å². The van der Waals surface area contributed by atoms with Gasteiger partial charge in [-0.1, -0.05) is 53.5 Å². The maximum absolute atomic E-state index is 13.5. The number of ether oxygens (including phenoxy) is 1. The van der Waals surface area contributed by atoms with Crippen molar-refractivity contribution in [1.29, 1.82) is 0 Å². The van der Waals surface area contributed by atoms with Gasteiger partial charge in [-0.05, 0) is 42.8 Å². The molecule has 2 heterocycles. The van der Waals surface area contributed by atoms with Crippen molar-refractivity contribution in [2.24, 2.45) is 0 Å². The van der Waals surface area contributed by atoms with E-state index in [1.807, 2.05) is 49.4 Å². The number of para-hydroxylation sites is 1. The highest BCUT2D eigenvalue weighted by Gasteiger charge is 2.48. The van der Waals surface area contributed by atoms with Gasteiger partial charge in [0.15, 0.2) is 0 Å². The number of aromatic nitrogens is 1. The molecular formula is C27H20Cl2N2O4. The van der Waals surface area contributed by atoms with Crippen molar-refractivity contribution in [3.05, 3.63) is 99.2 Å². The van der Waals surface area contributed by atoms with Gasteiger partial charge >= 0.3 is 0 Å². The van der Waals surface area contributed by atoms with Crippen molar-refractivity contribution < 1.29 is 19.4 Å². The summed E-state index contributed by atoms with van der Waals surface area (Å²) in [4.78, 5) is 31.5. The summed E-state index contributed by atoms with van der Waals surface area (Å²) in [6.07, 6.45) is 1.75. The maximum atomic E-state index is 13.5. The van der Waals surface area contributed by atoms with Gasteiger partial charge in [0.1, 0.15) is 11.5 Å². The second-order valence-electron chi connectivity index (χ2n) is 8.27. The number of anilines is 1. The van der Waals surface area contributed by atoms with Crippen LogP contribution < -0.4 is 9.64 Å². The molecule has 4 aromatic rings. The van der Waals surface area contributed by atoms with E-state index in [4.69, 9.17) is 27.9 Å². The average molecular weight is 507 g/mol. The first-order valence-electron chi connectivity index (χ1n) is 10.8. The Morgan fingerprint density at radius 2 is 1.83 bits per heavy atom. The maximum Gasteiger partial charge on any atom is 0.300 e. The fraction of sp³-hybridized carbons (Fsp3) is 0.111. The summed E-state index contributed by atoms with van der Waals surface area (Å²) in [5, 5.41) is 12.7. The molecule has 0 saturated carbocycles. The van der Waals surface area contributed by atoms with E-state index in [2.05, 4.69) is 4.98 Å². The smallest absolute Gasteiger partial charge is 0.300 e. The molecule has 0 aliphatic carbocycles. The number of aromatic amines is 1. The molecule has 5 rings (SSSR count). The molecule has 1 atom stereocenters. The van der Waals surface area contributed by atoms with Gasteiger partial charge in [-0.15, -0.1) is 0 Å². The summed E-state index contributed by atoms with van der Waals surface area (Å²) in [5.41, 5.74) is 2.99. The van der Waals surface area contributed by atoms with Crippen LogP contribution in [0.15, 0.2) is 72.4 Å². The number of aliphatic hydroxyl groups is 1. The van der Waals surface area contributed by atoms with Crippen LogP contribution in [0.4, 0.5) is 5.69 Å².